The fraction of sp³-hybridized carbons (Fsp3) is 0.375. The van der Waals surface area contributed by atoms with Crippen molar-refractivity contribution in [1.82, 2.24) is 10.3 Å². The quantitative estimate of drug-likeness (QED) is 0.642. The number of nitrogens with zero attached hydrogens (tertiary/aromatic N) is 1. The van der Waals surface area contributed by atoms with E-state index in [1.807, 2.05) is 12.1 Å². The van der Waals surface area contributed by atoms with E-state index in [2.05, 4.69) is 10.3 Å². The Morgan fingerprint density at radius 2 is 2.27 bits per heavy atom. The van der Waals surface area contributed by atoms with Gasteiger partial charge in [0.2, 0.25) is 0 Å². The fourth-order valence-corrected chi connectivity index (χ4v) is 1.32. The van der Waals surface area contributed by atoms with Crippen LogP contribution in [0.1, 0.15) is 11.6 Å². The van der Waals surface area contributed by atoms with Crippen LogP contribution in [-0.4, -0.2) is 18.1 Å². The van der Waals surface area contributed by atoms with Crippen molar-refractivity contribution >= 4 is 11.6 Å². The molecule has 0 atom stereocenters. The minimum absolute atomic E-state index is 0.577. The second kappa shape index (κ2) is 2.80. The largest absolute Gasteiger partial charge is 0.315 e. The standard InChI is InChI=1S/C8H9ClN2/c9-8-3-1-2-7(11-8)6-4-10-5-6/h1-3,6,10H,4-5H2. The third-order valence-corrected chi connectivity index (χ3v) is 2.15. The summed E-state index contributed by atoms with van der Waals surface area (Å²) < 4.78 is 0. The summed E-state index contributed by atoms with van der Waals surface area (Å²) in [6, 6.07) is 5.78. The Bertz CT molecular complexity index is 258. The van der Waals surface area contributed by atoms with Crippen LogP contribution in [0.3, 0.4) is 0 Å². The molecule has 11 heavy (non-hydrogen) atoms. The average Bonchev–Trinajstić information content (AvgIpc) is 1.83. The molecule has 1 fully saturated rings. The van der Waals surface area contributed by atoms with Gasteiger partial charge in [-0.25, -0.2) is 4.98 Å². The van der Waals surface area contributed by atoms with Gasteiger partial charge in [0.05, 0.1) is 0 Å². The predicted octanol–water partition coefficient (Wildman–Crippen LogP) is 1.42. The molecule has 0 spiro atoms. The highest BCUT2D eigenvalue weighted by Crippen LogP contribution is 2.18. The lowest BCUT2D eigenvalue weighted by atomic mass is 9.99. The molecule has 0 bridgehead atoms. The number of hydrogen-bond acceptors (Lipinski definition) is 2. The Labute approximate surface area is 70.6 Å². The highest BCUT2D eigenvalue weighted by Gasteiger charge is 2.19. The third-order valence-electron chi connectivity index (χ3n) is 1.94. The Morgan fingerprint density at radius 3 is 2.82 bits per heavy atom. The lowest BCUT2D eigenvalue weighted by Gasteiger charge is -2.26. The van der Waals surface area contributed by atoms with Gasteiger partial charge in [-0.2, -0.15) is 0 Å². The average molecular weight is 169 g/mol. The zero-order valence-corrected chi connectivity index (χ0v) is 6.80. The van der Waals surface area contributed by atoms with Gasteiger partial charge in [0, 0.05) is 24.7 Å². The van der Waals surface area contributed by atoms with Crippen molar-refractivity contribution in [2.24, 2.45) is 0 Å². The first-order chi connectivity index (χ1) is 5.36. The lowest BCUT2D eigenvalue weighted by Crippen LogP contribution is -2.40. The molecule has 0 unspecified atom stereocenters. The van der Waals surface area contributed by atoms with Gasteiger partial charge in [-0.3, -0.25) is 0 Å². The lowest BCUT2D eigenvalue weighted by molar-refractivity contribution is 0.440. The molecule has 2 nitrogen and oxygen atoms in total. The molecule has 0 aromatic carbocycles. The van der Waals surface area contributed by atoms with Crippen LogP contribution in [0.2, 0.25) is 5.15 Å². The Kier molecular flexibility index (Phi) is 1.80. The van der Waals surface area contributed by atoms with Crippen LogP contribution in [-0.2, 0) is 0 Å². The first kappa shape index (κ1) is 7.07. The summed E-state index contributed by atoms with van der Waals surface area (Å²) in [4.78, 5) is 4.22. The second-order valence-electron chi connectivity index (χ2n) is 2.74. The van der Waals surface area contributed by atoms with Crippen molar-refractivity contribution in [1.29, 1.82) is 0 Å². The van der Waals surface area contributed by atoms with E-state index in [0.717, 1.165) is 18.8 Å². The van der Waals surface area contributed by atoms with E-state index in [9.17, 15) is 0 Å². The van der Waals surface area contributed by atoms with Gasteiger partial charge in [-0.1, -0.05) is 17.7 Å². The van der Waals surface area contributed by atoms with Gasteiger partial charge in [-0.05, 0) is 12.1 Å². The molecule has 2 heterocycles. The number of nitrogens with one attached hydrogen (secondary N) is 1. The normalized spacial score (nSPS) is 17.9. The van der Waals surface area contributed by atoms with Crippen LogP contribution < -0.4 is 5.32 Å². The molecule has 3 heteroatoms. The van der Waals surface area contributed by atoms with Crippen molar-refractivity contribution < 1.29 is 0 Å². The van der Waals surface area contributed by atoms with Crippen LogP contribution in [0.5, 0.6) is 0 Å². The van der Waals surface area contributed by atoms with E-state index < -0.39 is 0 Å². The molecule has 1 saturated heterocycles. The second-order valence-corrected chi connectivity index (χ2v) is 3.13. The SMILES string of the molecule is Clc1cccc(C2CNC2)n1. The molecular formula is C8H9ClN2. The van der Waals surface area contributed by atoms with Gasteiger partial charge < -0.3 is 5.32 Å². The van der Waals surface area contributed by atoms with E-state index in [0.29, 0.717) is 11.1 Å². The van der Waals surface area contributed by atoms with Crippen LogP contribution in [0.15, 0.2) is 18.2 Å². The molecule has 2 rings (SSSR count). The first-order valence-electron chi connectivity index (χ1n) is 3.69. The summed E-state index contributed by atoms with van der Waals surface area (Å²) >= 11 is 5.74. The molecule has 1 aliphatic heterocycles. The van der Waals surface area contributed by atoms with Crippen molar-refractivity contribution in [3.63, 3.8) is 0 Å². The number of halogens is 1. The summed E-state index contributed by atoms with van der Waals surface area (Å²) in [6.07, 6.45) is 0. The molecule has 0 aliphatic carbocycles. The zero-order valence-electron chi connectivity index (χ0n) is 6.05. The zero-order chi connectivity index (χ0) is 7.68. The maximum absolute atomic E-state index is 5.74. The van der Waals surface area contributed by atoms with Crippen LogP contribution >= 0.6 is 11.6 Å². The minimum Gasteiger partial charge on any atom is -0.315 e. The Morgan fingerprint density at radius 1 is 1.45 bits per heavy atom. The molecular weight excluding hydrogens is 160 g/mol. The van der Waals surface area contributed by atoms with Crippen molar-refractivity contribution in [2.75, 3.05) is 13.1 Å². The van der Waals surface area contributed by atoms with Gasteiger partial charge in [0.15, 0.2) is 0 Å². The Hall–Kier alpha value is -0.600. The van der Waals surface area contributed by atoms with Crippen molar-refractivity contribution in [2.45, 2.75) is 5.92 Å². The summed E-state index contributed by atoms with van der Waals surface area (Å²) in [7, 11) is 0. The van der Waals surface area contributed by atoms with Gasteiger partial charge in [0.1, 0.15) is 5.15 Å². The minimum atomic E-state index is 0.577. The number of aromatic nitrogens is 1. The molecule has 1 aromatic rings. The van der Waals surface area contributed by atoms with Crippen molar-refractivity contribution in [3.8, 4) is 0 Å². The van der Waals surface area contributed by atoms with E-state index in [1.165, 1.54) is 0 Å². The van der Waals surface area contributed by atoms with E-state index in [4.69, 9.17) is 11.6 Å². The van der Waals surface area contributed by atoms with Crippen LogP contribution in [0.25, 0.3) is 0 Å². The first-order valence-corrected chi connectivity index (χ1v) is 4.07. The monoisotopic (exact) mass is 168 g/mol. The predicted molar refractivity (Wildman–Crippen MR) is 44.9 cm³/mol. The molecule has 0 radical (unpaired) electrons. The summed E-state index contributed by atoms with van der Waals surface area (Å²) in [5, 5.41) is 3.79. The summed E-state index contributed by atoms with van der Waals surface area (Å²) in [5.41, 5.74) is 1.11. The summed E-state index contributed by atoms with van der Waals surface area (Å²) in [6.45, 7) is 2.07. The maximum atomic E-state index is 5.74. The molecule has 58 valence electrons. The third kappa shape index (κ3) is 1.37. The van der Waals surface area contributed by atoms with Gasteiger partial charge in [0.25, 0.3) is 0 Å². The van der Waals surface area contributed by atoms with E-state index in [1.54, 1.807) is 6.07 Å². The number of hydrogen-bond donors (Lipinski definition) is 1. The molecule has 0 amide bonds. The van der Waals surface area contributed by atoms with Gasteiger partial charge >= 0.3 is 0 Å². The van der Waals surface area contributed by atoms with Crippen LogP contribution in [0, 0.1) is 0 Å². The molecule has 0 saturated carbocycles. The fourth-order valence-electron chi connectivity index (χ4n) is 1.15. The number of rotatable bonds is 1. The maximum Gasteiger partial charge on any atom is 0.129 e. The molecule has 1 aliphatic rings. The van der Waals surface area contributed by atoms with E-state index >= 15 is 0 Å². The summed E-state index contributed by atoms with van der Waals surface area (Å²) in [5.74, 6) is 0.577. The van der Waals surface area contributed by atoms with E-state index in [-0.39, 0.29) is 0 Å². The molecule has 1 N–H and O–H groups in total. The highest BCUT2D eigenvalue weighted by atomic mass is 35.5. The number of pyridine rings is 1. The van der Waals surface area contributed by atoms with Crippen molar-refractivity contribution in [3.05, 3.63) is 29.0 Å². The Balaban J connectivity index is 2.23. The van der Waals surface area contributed by atoms with Crippen LogP contribution in [0.4, 0.5) is 0 Å². The molecule has 1 aromatic heterocycles. The smallest absolute Gasteiger partial charge is 0.129 e. The highest BCUT2D eigenvalue weighted by molar-refractivity contribution is 6.29. The topological polar surface area (TPSA) is 24.9 Å². The van der Waals surface area contributed by atoms with Gasteiger partial charge in [-0.15, -0.1) is 0 Å².